The third-order valence-corrected chi connectivity index (χ3v) is 3.40. The van der Waals surface area contributed by atoms with Gasteiger partial charge in [-0.2, -0.15) is 5.26 Å². The molecule has 0 spiro atoms. The van der Waals surface area contributed by atoms with E-state index < -0.39 is 10.8 Å². The van der Waals surface area contributed by atoms with Gasteiger partial charge in [-0.15, -0.1) is 0 Å². The van der Waals surface area contributed by atoms with Crippen LogP contribution in [0.1, 0.15) is 24.1 Å². The number of hydrogen-bond donors (Lipinski definition) is 1. The maximum Gasteiger partial charge on any atom is 0.270 e. The summed E-state index contributed by atoms with van der Waals surface area (Å²) >= 11 is 0. The summed E-state index contributed by atoms with van der Waals surface area (Å²) in [5, 5.41) is 22.7. The van der Waals surface area contributed by atoms with Crippen molar-refractivity contribution in [3.05, 3.63) is 81.4 Å². The second kappa shape index (κ2) is 7.70. The summed E-state index contributed by atoms with van der Waals surface area (Å²) in [6.45, 7) is 1.82. The van der Waals surface area contributed by atoms with Crippen LogP contribution in [0, 0.1) is 21.4 Å². The summed E-state index contributed by atoms with van der Waals surface area (Å²) < 4.78 is 0. The van der Waals surface area contributed by atoms with Crippen LogP contribution in [0.4, 0.5) is 5.69 Å². The Hall–Kier alpha value is -3.46. The highest BCUT2D eigenvalue weighted by molar-refractivity contribution is 6.01. The lowest BCUT2D eigenvalue weighted by Crippen LogP contribution is -2.27. The van der Waals surface area contributed by atoms with Gasteiger partial charge < -0.3 is 5.32 Å². The monoisotopic (exact) mass is 321 g/mol. The number of nitrogens with zero attached hydrogens (tertiary/aromatic N) is 2. The molecule has 2 aromatic rings. The minimum atomic E-state index is -0.527. The molecule has 1 amide bonds. The molecule has 0 saturated heterocycles. The van der Waals surface area contributed by atoms with E-state index in [9.17, 15) is 20.2 Å². The number of carbonyl (C=O) groups is 1. The van der Waals surface area contributed by atoms with E-state index in [2.05, 4.69) is 5.32 Å². The Morgan fingerprint density at radius 1 is 1.25 bits per heavy atom. The van der Waals surface area contributed by atoms with Crippen molar-refractivity contribution >= 4 is 17.7 Å². The highest BCUT2D eigenvalue weighted by atomic mass is 16.6. The van der Waals surface area contributed by atoms with E-state index in [1.807, 2.05) is 43.3 Å². The molecule has 0 aliphatic rings. The van der Waals surface area contributed by atoms with Crippen molar-refractivity contribution in [2.75, 3.05) is 0 Å². The Bertz CT molecular complexity index is 823. The first-order valence-electron chi connectivity index (χ1n) is 7.23. The fraction of sp³-hybridized carbons (Fsp3) is 0.111. The Balaban J connectivity index is 2.18. The van der Waals surface area contributed by atoms with E-state index >= 15 is 0 Å². The number of nitrogens with one attached hydrogen (secondary N) is 1. The molecule has 0 fully saturated rings. The Morgan fingerprint density at radius 2 is 1.96 bits per heavy atom. The minimum Gasteiger partial charge on any atom is -0.345 e. The van der Waals surface area contributed by atoms with E-state index in [-0.39, 0.29) is 17.3 Å². The van der Waals surface area contributed by atoms with E-state index in [4.69, 9.17) is 0 Å². The van der Waals surface area contributed by atoms with Crippen LogP contribution >= 0.6 is 0 Å². The fourth-order valence-corrected chi connectivity index (χ4v) is 2.14. The molecule has 0 aromatic heterocycles. The summed E-state index contributed by atoms with van der Waals surface area (Å²) in [5.41, 5.74) is 1.12. The zero-order chi connectivity index (χ0) is 17.5. The maximum absolute atomic E-state index is 12.2. The molecule has 0 aliphatic heterocycles. The third kappa shape index (κ3) is 4.27. The number of nitro groups is 1. The van der Waals surface area contributed by atoms with Gasteiger partial charge in [0.05, 0.1) is 11.0 Å². The Morgan fingerprint density at radius 3 is 2.58 bits per heavy atom. The Kier molecular flexibility index (Phi) is 5.42. The van der Waals surface area contributed by atoms with E-state index in [0.717, 1.165) is 5.56 Å². The number of carbonyl (C=O) groups excluding carboxylic acids is 1. The third-order valence-electron chi connectivity index (χ3n) is 3.40. The second-order valence-electron chi connectivity index (χ2n) is 5.13. The molecule has 2 rings (SSSR count). The van der Waals surface area contributed by atoms with Gasteiger partial charge in [-0.3, -0.25) is 14.9 Å². The first-order chi connectivity index (χ1) is 11.5. The standard InChI is InChI=1S/C18H15N3O3/c1-13(15-7-3-2-4-8-15)20-18(22)16(12-19)10-14-6-5-9-17(11-14)21(23)24/h2-11,13H,1H3,(H,20,22)/b16-10+. The van der Waals surface area contributed by atoms with Crippen molar-refractivity contribution in [2.45, 2.75) is 13.0 Å². The highest BCUT2D eigenvalue weighted by Gasteiger charge is 2.14. The smallest absolute Gasteiger partial charge is 0.270 e. The van der Waals surface area contributed by atoms with E-state index in [1.165, 1.54) is 24.3 Å². The highest BCUT2D eigenvalue weighted by Crippen LogP contribution is 2.17. The van der Waals surface area contributed by atoms with Gasteiger partial charge in [-0.05, 0) is 24.1 Å². The summed E-state index contributed by atoms with van der Waals surface area (Å²) in [7, 11) is 0. The van der Waals surface area contributed by atoms with Gasteiger partial charge in [0.15, 0.2) is 0 Å². The van der Waals surface area contributed by atoms with Gasteiger partial charge in [0.1, 0.15) is 11.6 Å². The second-order valence-corrected chi connectivity index (χ2v) is 5.13. The average molecular weight is 321 g/mol. The number of nitro benzene ring substituents is 1. The lowest BCUT2D eigenvalue weighted by Gasteiger charge is -2.13. The topological polar surface area (TPSA) is 96.0 Å². The van der Waals surface area contributed by atoms with Crippen molar-refractivity contribution in [1.82, 2.24) is 5.32 Å². The summed E-state index contributed by atoms with van der Waals surface area (Å²) in [4.78, 5) is 22.5. The van der Waals surface area contributed by atoms with E-state index in [0.29, 0.717) is 5.56 Å². The molecule has 1 N–H and O–H groups in total. The molecule has 120 valence electrons. The van der Waals surface area contributed by atoms with Gasteiger partial charge in [0.25, 0.3) is 11.6 Å². The zero-order valence-corrected chi connectivity index (χ0v) is 13.0. The molecule has 0 saturated carbocycles. The Labute approximate surface area is 139 Å². The molecule has 2 aromatic carbocycles. The van der Waals surface area contributed by atoms with Crippen LogP contribution < -0.4 is 5.32 Å². The summed E-state index contributed by atoms with van der Waals surface area (Å²) in [6.07, 6.45) is 1.33. The van der Waals surface area contributed by atoms with Crippen molar-refractivity contribution < 1.29 is 9.72 Å². The number of amides is 1. The van der Waals surface area contributed by atoms with Gasteiger partial charge in [-0.1, -0.05) is 42.5 Å². The number of non-ortho nitro benzene ring substituents is 1. The van der Waals surface area contributed by atoms with Gasteiger partial charge in [-0.25, -0.2) is 0 Å². The molecule has 6 heteroatoms. The van der Waals surface area contributed by atoms with Crippen LogP contribution in [0.2, 0.25) is 0 Å². The molecule has 1 unspecified atom stereocenters. The van der Waals surface area contributed by atoms with Crippen molar-refractivity contribution in [1.29, 1.82) is 5.26 Å². The number of hydrogen-bond acceptors (Lipinski definition) is 4. The molecule has 0 heterocycles. The van der Waals surface area contributed by atoms with Crippen LogP contribution in [-0.4, -0.2) is 10.8 Å². The number of nitriles is 1. The van der Waals surface area contributed by atoms with Crippen LogP contribution in [0.15, 0.2) is 60.2 Å². The largest absolute Gasteiger partial charge is 0.345 e. The zero-order valence-electron chi connectivity index (χ0n) is 13.0. The lowest BCUT2D eigenvalue weighted by molar-refractivity contribution is -0.384. The number of benzene rings is 2. The molecule has 0 bridgehead atoms. The quantitative estimate of drug-likeness (QED) is 0.395. The average Bonchev–Trinajstić information content (AvgIpc) is 2.60. The molecule has 6 nitrogen and oxygen atoms in total. The summed E-state index contributed by atoms with van der Waals surface area (Å²) in [6, 6.07) is 16.7. The minimum absolute atomic E-state index is 0.0981. The predicted octanol–water partition coefficient (Wildman–Crippen LogP) is 3.38. The van der Waals surface area contributed by atoms with Crippen molar-refractivity contribution in [3.8, 4) is 6.07 Å². The van der Waals surface area contributed by atoms with Crippen molar-refractivity contribution in [2.24, 2.45) is 0 Å². The molecular weight excluding hydrogens is 306 g/mol. The predicted molar refractivity (Wildman–Crippen MR) is 89.7 cm³/mol. The van der Waals surface area contributed by atoms with Crippen LogP contribution in [0.3, 0.4) is 0 Å². The number of rotatable bonds is 5. The molecular formula is C18H15N3O3. The van der Waals surface area contributed by atoms with Crippen LogP contribution in [-0.2, 0) is 4.79 Å². The SMILES string of the molecule is CC(NC(=O)/C(C#N)=C/c1cccc([N+](=O)[O-])c1)c1ccccc1. The summed E-state index contributed by atoms with van der Waals surface area (Å²) in [5.74, 6) is -0.527. The molecule has 0 aliphatic carbocycles. The first-order valence-corrected chi connectivity index (χ1v) is 7.23. The fourth-order valence-electron chi connectivity index (χ4n) is 2.14. The van der Waals surface area contributed by atoms with Crippen LogP contribution in [0.25, 0.3) is 6.08 Å². The molecule has 1 atom stereocenters. The normalized spacial score (nSPS) is 12.1. The van der Waals surface area contributed by atoms with Gasteiger partial charge in [0.2, 0.25) is 0 Å². The first kappa shape index (κ1) is 16.9. The lowest BCUT2D eigenvalue weighted by atomic mass is 10.1. The van der Waals surface area contributed by atoms with Gasteiger partial charge >= 0.3 is 0 Å². The maximum atomic E-state index is 12.2. The van der Waals surface area contributed by atoms with Crippen molar-refractivity contribution in [3.63, 3.8) is 0 Å². The molecule has 24 heavy (non-hydrogen) atoms. The van der Waals surface area contributed by atoms with Gasteiger partial charge in [0, 0.05) is 12.1 Å². The molecule has 0 radical (unpaired) electrons. The van der Waals surface area contributed by atoms with Crippen LogP contribution in [0.5, 0.6) is 0 Å². The van der Waals surface area contributed by atoms with E-state index in [1.54, 1.807) is 6.07 Å².